The van der Waals surface area contributed by atoms with E-state index in [1.165, 1.54) is 4.88 Å². The van der Waals surface area contributed by atoms with Crippen LogP contribution in [0.25, 0.3) is 21.6 Å². The molecule has 0 spiro atoms. The molecule has 1 N–H and O–H groups in total. The Morgan fingerprint density at radius 2 is 1.96 bits per heavy atom. The van der Waals surface area contributed by atoms with E-state index in [9.17, 15) is 0 Å². The second kappa shape index (κ2) is 6.78. The topological polar surface area (TPSA) is 50.7 Å². The number of halogens is 1. The first-order valence-corrected chi connectivity index (χ1v) is 9.16. The number of anilines is 2. The zero-order valence-corrected chi connectivity index (χ0v) is 15.1. The van der Waals surface area contributed by atoms with E-state index in [1.54, 1.807) is 23.7 Å². The molecule has 4 rings (SSSR count). The molecule has 124 valence electrons. The van der Waals surface area contributed by atoms with Crippen molar-refractivity contribution in [1.82, 2.24) is 15.0 Å². The molecule has 0 bridgehead atoms. The van der Waals surface area contributed by atoms with Crippen LogP contribution in [0.5, 0.6) is 0 Å². The average Bonchev–Trinajstić information content (AvgIpc) is 3.08. The molecule has 0 aliphatic carbocycles. The Labute approximate surface area is 154 Å². The molecule has 3 heterocycles. The van der Waals surface area contributed by atoms with Gasteiger partial charge in [0.1, 0.15) is 10.6 Å². The van der Waals surface area contributed by atoms with E-state index in [1.807, 2.05) is 36.4 Å². The van der Waals surface area contributed by atoms with Crippen LogP contribution in [-0.2, 0) is 6.42 Å². The molecule has 0 aliphatic rings. The van der Waals surface area contributed by atoms with Crippen LogP contribution in [0.2, 0.25) is 5.02 Å². The van der Waals surface area contributed by atoms with E-state index in [0.29, 0.717) is 10.8 Å². The highest BCUT2D eigenvalue weighted by atomic mass is 35.5. The molecule has 3 aromatic heterocycles. The van der Waals surface area contributed by atoms with Gasteiger partial charge >= 0.3 is 0 Å². The lowest BCUT2D eigenvalue weighted by atomic mass is 10.2. The molecule has 0 unspecified atom stereocenters. The number of rotatable bonds is 4. The van der Waals surface area contributed by atoms with Crippen molar-refractivity contribution < 1.29 is 0 Å². The Morgan fingerprint density at radius 3 is 2.68 bits per heavy atom. The SMILES string of the molecule is CCc1cc2c(Nc3ccc(Cl)cc3)nc(-c3cccnc3)nc2s1. The zero-order chi connectivity index (χ0) is 17.2. The van der Waals surface area contributed by atoms with Crippen LogP contribution >= 0.6 is 22.9 Å². The smallest absolute Gasteiger partial charge is 0.164 e. The molecule has 4 nitrogen and oxygen atoms in total. The summed E-state index contributed by atoms with van der Waals surface area (Å²) in [6, 6.07) is 13.6. The van der Waals surface area contributed by atoms with E-state index in [-0.39, 0.29) is 0 Å². The number of pyridine rings is 1. The van der Waals surface area contributed by atoms with Gasteiger partial charge in [-0.05, 0) is 48.9 Å². The van der Waals surface area contributed by atoms with E-state index < -0.39 is 0 Å². The monoisotopic (exact) mass is 366 g/mol. The Morgan fingerprint density at radius 1 is 1.12 bits per heavy atom. The van der Waals surface area contributed by atoms with Crippen LogP contribution in [0.4, 0.5) is 11.5 Å². The standard InChI is InChI=1S/C19H15ClN4S/c1-2-15-10-16-18(22-14-7-5-13(20)6-8-14)23-17(24-19(16)25-15)12-4-3-9-21-11-12/h3-11H,2H2,1H3,(H,22,23,24). The van der Waals surface area contributed by atoms with Crippen molar-refractivity contribution in [3.63, 3.8) is 0 Å². The Bertz CT molecular complexity index is 1010. The normalized spacial score (nSPS) is 11.0. The largest absolute Gasteiger partial charge is 0.340 e. The van der Waals surface area contributed by atoms with E-state index in [2.05, 4.69) is 23.3 Å². The molecule has 6 heteroatoms. The van der Waals surface area contributed by atoms with Crippen molar-refractivity contribution in [3.05, 3.63) is 64.8 Å². The average molecular weight is 367 g/mol. The quantitative estimate of drug-likeness (QED) is 0.502. The molecule has 0 saturated carbocycles. The fraction of sp³-hybridized carbons (Fsp3) is 0.105. The molecular weight excluding hydrogens is 352 g/mol. The maximum Gasteiger partial charge on any atom is 0.164 e. The molecule has 4 aromatic rings. The van der Waals surface area contributed by atoms with Gasteiger partial charge in [0, 0.05) is 33.5 Å². The van der Waals surface area contributed by atoms with Gasteiger partial charge in [-0.3, -0.25) is 4.98 Å². The van der Waals surface area contributed by atoms with Gasteiger partial charge in [0.25, 0.3) is 0 Å². The fourth-order valence-corrected chi connectivity index (χ4v) is 3.63. The molecule has 0 atom stereocenters. The zero-order valence-electron chi connectivity index (χ0n) is 13.5. The summed E-state index contributed by atoms with van der Waals surface area (Å²) in [5.74, 6) is 1.46. The number of aromatic nitrogens is 3. The predicted octanol–water partition coefficient (Wildman–Crippen LogP) is 5.71. The Kier molecular flexibility index (Phi) is 4.34. The van der Waals surface area contributed by atoms with E-state index in [0.717, 1.165) is 33.7 Å². The van der Waals surface area contributed by atoms with Gasteiger partial charge in [0.2, 0.25) is 0 Å². The summed E-state index contributed by atoms with van der Waals surface area (Å²) in [6.45, 7) is 2.15. The van der Waals surface area contributed by atoms with Crippen LogP contribution in [0, 0.1) is 0 Å². The highest BCUT2D eigenvalue weighted by molar-refractivity contribution is 7.18. The predicted molar refractivity (Wildman–Crippen MR) is 105 cm³/mol. The summed E-state index contributed by atoms with van der Waals surface area (Å²) in [7, 11) is 0. The van der Waals surface area contributed by atoms with Crippen LogP contribution in [0.3, 0.4) is 0 Å². The third kappa shape index (κ3) is 3.34. The third-order valence-electron chi connectivity index (χ3n) is 3.82. The van der Waals surface area contributed by atoms with Crippen molar-refractivity contribution in [3.8, 4) is 11.4 Å². The number of nitrogens with zero attached hydrogens (tertiary/aromatic N) is 3. The molecule has 0 fully saturated rings. The van der Waals surface area contributed by atoms with Crippen molar-refractivity contribution >= 4 is 44.7 Å². The van der Waals surface area contributed by atoms with Crippen LogP contribution in [0.1, 0.15) is 11.8 Å². The van der Waals surface area contributed by atoms with Gasteiger partial charge in [-0.1, -0.05) is 18.5 Å². The summed E-state index contributed by atoms with van der Waals surface area (Å²) in [5.41, 5.74) is 1.83. The lowest BCUT2D eigenvalue weighted by Crippen LogP contribution is -1.98. The highest BCUT2D eigenvalue weighted by Gasteiger charge is 2.13. The first kappa shape index (κ1) is 16.0. The Hall–Kier alpha value is -2.50. The number of thiophene rings is 1. The maximum absolute atomic E-state index is 5.98. The van der Waals surface area contributed by atoms with Gasteiger partial charge in [-0.15, -0.1) is 11.3 Å². The molecule has 0 saturated heterocycles. The molecule has 0 amide bonds. The number of benzene rings is 1. The van der Waals surface area contributed by atoms with Crippen LogP contribution in [0.15, 0.2) is 54.9 Å². The number of fused-ring (bicyclic) bond motifs is 1. The molecular formula is C19H15ClN4S. The lowest BCUT2D eigenvalue weighted by Gasteiger charge is -2.09. The third-order valence-corrected chi connectivity index (χ3v) is 5.24. The maximum atomic E-state index is 5.98. The number of aryl methyl sites for hydroxylation is 1. The summed E-state index contributed by atoms with van der Waals surface area (Å²) in [4.78, 5) is 15.9. The van der Waals surface area contributed by atoms with Gasteiger partial charge in [-0.25, -0.2) is 9.97 Å². The van der Waals surface area contributed by atoms with Gasteiger partial charge in [0.15, 0.2) is 5.82 Å². The van der Waals surface area contributed by atoms with Crippen LogP contribution in [-0.4, -0.2) is 15.0 Å². The second-order valence-electron chi connectivity index (χ2n) is 5.55. The van der Waals surface area contributed by atoms with E-state index >= 15 is 0 Å². The number of hydrogen-bond acceptors (Lipinski definition) is 5. The van der Waals surface area contributed by atoms with Gasteiger partial charge in [0.05, 0.1) is 5.39 Å². The van der Waals surface area contributed by atoms with Crippen molar-refractivity contribution in [1.29, 1.82) is 0 Å². The number of nitrogens with one attached hydrogen (secondary N) is 1. The van der Waals surface area contributed by atoms with Crippen molar-refractivity contribution in [2.75, 3.05) is 5.32 Å². The molecule has 0 aliphatic heterocycles. The first-order chi connectivity index (χ1) is 12.2. The minimum atomic E-state index is 0.668. The summed E-state index contributed by atoms with van der Waals surface area (Å²) in [6.07, 6.45) is 4.50. The molecule has 0 radical (unpaired) electrons. The van der Waals surface area contributed by atoms with Gasteiger partial charge < -0.3 is 5.32 Å². The van der Waals surface area contributed by atoms with Crippen molar-refractivity contribution in [2.24, 2.45) is 0 Å². The first-order valence-electron chi connectivity index (χ1n) is 7.96. The minimum Gasteiger partial charge on any atom is -0.340 e. The van der Waals surface area contributed by atoms with Crippen LogP contribution < -0.4 is 5.32 Å². The summed E-state index contributed by atoms with van der Waals surface area (Å²) < 4.78 is 0. The van der Waals surface area contributed by atoms with E-state index in [4.69, 9.17) is 21.6 Å². The molecule has 1 aromatic carbocycles. The Balaban J connectivity index is 1.85. The minimum absolute atomic E-state index is 0.668. The lowest BCUT2D eigenvalue weighted by molar-refractivity contribution is 1.19. The summed E-state index contributed by atoms with van der Waals surface area (Å²) >= 11 is 7.68. The van der Waals surface area contributed by atoms with Crippen molar-refractivity contribution in [2.45, 2.75) is 13.3 Å². The summed E-state index contributed by atoms with van der Waals surface area (Å²) in [5, 5.41) is 5.14. The molecule has 25 heavy (non-hydrogen) atoms. The van der Waals surface area contributed by atoms with Gasteiger partial charge in [-0.2, -0.15) is 0 Å². The fourth-order valence-electron chi connectivity index (χ4n) is 2.53. The highest BCUT2D eigenvalue weighted by Crippen LogP contribution is 2.33. The second-order valence-corrected chi connectivity index (χ2v) is 7.11. The number of hydrogen-bond donors (Lipinski definition) is 1.